The lowest BCUT2D eigenvalue weighted by Crippen LogP contribution is -2.28. The zero-order valence-corrected chi connectivity index (χ0v) is 33.1. The molecule has 10 aromatic rings. The highest BCUT2D eigenvalue weighted by molar-refractivity contribution is 5.94. The molecule has 1 aliphatic rings. The molecule has 5 heteroatoms. The van der Waals surface area contributed by atoms with E-state index in [0.29, 0.717) is 23.3 Å². The van der Waals surface area contributed by atoms with Crippen molar-refractivity contribution in [1.29, 1.82) is 0 Å². The SMILES string of the molecule is c1ccc(-c2cc(-c3cc4c(cc3-c3nc(-c5ccccc5)nc(-c5ccccc5)n3)-c3ccccc3C4(c3ccccc3)c3ccccc3)nc(-c3ccccc3)n2)cc1. The highest BCUT2D eigenvalue weighted by Crippen LogP contribution is 2.58. The molecule has 2 heterocycles. The molecule has 0 aliphatic heterocycles. The van der Waals surface area contributed by atoms with E-state index in [0.717, 1.165) is 61.5 Å². The second-order valence-electron chi connectivity index (χ2n) is 15.2. The van der Waals surface area contributed by atoms with E-state index < -0.39 is 5.41 Å². The Labute approximate surface area is 354 Å². The Morgan fingerprint density at radius 2 is 0.656 bits per heavy atom. The second-order valence-corrected chi connectivity index (χ2v) is 15.2. The van der Waals surface area contributed by atoms with E-state index in [9.17, 15) is 0 Å². The molecular formula is C56H37N5. The van der Waals surface area contributed by atoms with E-state index in [1.54, 1.807) is 0 Å². The Balaban J connectivity index is 1.28. The summed E-state index contributed by atoms with van der Waals surface area (Å²) in [5.74, 6) is 2.38. The topological polar surface area (TPSA) is 64.5 Å². The summed E-state index contributed by atoms with van der Waals surface area (Å²) < 4.78 is 0. The van der Waals surface area contributed by atoms with Gasteiger partial charge in [0.15, 0.2) is 23.3 Å². The first-order chi connectivity index (χ1) is 30.2. The molecule has 286 valence electrons. The van der Waals surface area contributed by atoms with E-state index in [-0.39, 0.29) is 0 Å². The summed E-state index contributed by atoms with van der Waals surface area (Å²) in [6.45, 7) is 0. The van der Waals surface area contributed by atoms with Crippen molar-refractivity contribution in [3.05, 3.63) is 247 Å². The molecule has 61 heavy (non-hydrogen) atoms. The monoisotopic (exact) mass is 779 g/mol. The van der Waals surface area contributed by atoms with Gasteiger partial charge in [0.1, 0.15) is 0 Å². The van der Waals surface area contributed by atoms with Gasteiger partial charge in [-0.05, 0) is 51.6 Å². The highest BCUT2D eigenvalue weighted by atomic mass is 15.0. The van der Waals surface area contributed by atoms with Gasteiger partial charge in [-0.3, -0.25) is 0 Å². The Morgan fingerprint density at radius 1 is 0.246 bits per heavy atom. The molecule has 0 atom stereocenters. The Hall–Kier alpha value is -8.15. The molecule has 0 spiro atoms. The van der Waals surface area contributed by atoms with Crippen LogP contribution in [0, 0.1) is 0 Å². The Kier molecular flexibility index (Phi) is 8.98. The molecule has 5 nitrogen and oxygen atoms in total. The molecule has 11 rings (SSSR count). The van der Waals surface area contributed by atoms with Gasteiger partial charge in [-0.2, -0.15) is 0 Å². The fourth-order valence-electron chi connectivity index (χ4n) is 8.87. The molecule has 0 radical (unpaired) electrons. The largest absolute Gasteiger partial charge is 0.228 e. The highest BCUT2D eigenvalue weighted by Gasteiger charge is 2.46. The Bertz CT molecular complexity index is 3000. The van der Waals surface area contributed by atoms with Gasteiger partial charge in [0, 0.05) is 33.4 Å². The minimum atomic E-state index is -0.636. The summed E-state index contributed by atoms with van der Waals surface area (Å²) in [7, 11) is 0. The average Bonchev–Trinajstić information content (AvgIpc) is 3.65. The third kappa shape index (κ3) is 6.31. The van der Waals surface area contributed by atoms with Crippen molar-refractivity contribution in [3.8, 4) is 79.2 Å². The lowest BCUT2D eigenvalue weighted by atomic mass is 9.67. The predicted octanol–water partition coefficient (Wildman–Crippen LogP) is 13.0. The lowest BCUT2D eigenvalue weighted by Gasteiger charge is -2.34. The molecular weight excluding hydrogens is 743 g/mol. The van der Waals surface area contributed by atoms with E-state index in [4.69, 9.17) is 24.9 Å². The van der Waals surface area contributed by atoms with Gasteiger partial charge < -0.3 is 0 Å². The van der Waals surface area contributed by atoms with Crippen LogP contribution in [-0.2, 0) is 5.41 Å². The van der Waals surface area contributed by atoms with Crippen LogP contribution >= 0.6 is 0 Å². The molecule has 0 amide bonds. The number of hydrogen-bond acceptors (Lipinski definition) is 5. The summed E-state index contributed by atoms with van der Waals surface area (Å²) in [6, 6.07) is 78.1. The van der Waals surface area contributed by atoms with Gasteiger partial charge in [-0.15, -0.1) is 0 Å². The average molecular weight is 780 g/mol. The molecule has 0 bridgehead atoms. The van der Waals surface area contributed by atoms with Crippen molar-refractivity contribution in [2.45, 2.75) is 5.41 Å². The van der Waals surface area contributed by atoms with Gasteiger partial charge >= 0.3 is 0 Å². The van der Waals surface area contributed by atoms with E-state index in [1.807, 2.05) is 97.1 Å². The summed E-state index contributed by atoms with van der Waals surface area (Å²) in [4.78, 5) is 26.3. The molecule has 0 saturated heterocycles. The third-order valence-corrected chi connectivity index (χ3v) is 11.6. The van der Waals surface area contributed by atoms with Crippen LogP contribution in [0.25, 0.3) is 79.2 Å². The van der Waals surface area contributed by atoms with Gasteiger partial charge in [0.2, 0.25) is 0 Å². The molecule has 0 N–H and O–H groups in total. The second kappa shape index (κ2) is 15.2. The van der Waals surface area contributed by atoms with Crippen molar-refractivity contribution in [2.75, 3.05) is 0 Å². The zero-order valence-electron chi connectivity index (χ0n) is 33.1. The number of rotatable bonds is 8. The fraction of sp³-hybridized carbons (Fsp3) is 0.0179. The third-order valence-electron chi connectivity index (χ3n) is 11.6. The van der Waals surface area contributed by atoms with Crippen LogP contribution in [0.3, 0.4) is 0 Å². The van der Waals surface area contributed by atoms with Crippen LogP contribution in [0.4, 0.5) is 0 Å². The summed E-state index contributed by atoms with van der Waals surface area (Å²) in [5, 5.41) is 0. The summed E-state index contributed by atoms with van der Waals surface area (Å²) in [5.41, 5.74) is 13.4. The van der Waals surface area contributed by atoms with Crippen LogP contribution < -0.4 is 0 Å². The molecule has 1 aliphatic carbocycles. The van der Waals surface area contributed by atoms with Gasteiger partial charge in [0.05, 0.1) is 16.8 Å². The first-order valence-corrected chi connectivity index (χ1v) is 20.5. The lowest BCUT2D eigenvalue weighted by molar-refractivity contribution is 0.768. The summed E-state index contributed by atoms with van der Waals surface area (Å²) in [6.07, 6.45) is 0. The maximum atomic E-state index is 5.43. The van der Waals surface area contributed by atoms with Crippen molar-refractivity contribution in [2.24, 2.45) is 0 Å². The number of aromatic nitrogens is 5. The van der Waals surface area contributed by atoms with Crippen molar-refractivity contribution < 1.29 is 0 Å². The van der Waals surface area contributed by atoms with Crippen LogP contribution in [0.5, 0.6) is 0 Å². The maximum absolute atomic E-state index is 5.43. The van der Waals surface area contributed by atoms with Crippen LogP contribution in [0.1, 0.15) is 22.3 Å². The van der Waals surface area contributed by atoms with Gasteiger partial charge in [0.25, 0.3) is 0 Å². The van der Waals surface area contributed by atoms with Crippen molar-refractivity contribution in [3.63, 3.8) is 0 Å². The van der Waals surface area contributed by atoms with E-state index >= 15 is 0 Å². The number of nitrogens with zero attached hydrogens (tertiary/aromatic N) is 5. The number of benzene rings is 8. The normalized spacial score (nSPS) is 12.4. The van der Waals surface area contributed by atoms with E-state index in [2.05, 4.69) is 127 Å². The fourth-order valence-corrected chi connectivity index (χ4v) is 8.87. The summed E-state index contributed by atoms with van der Waals surface area (Å²) >= 11 is 0. The molecule has 0 fully saturated rings. The predicted molar refractivity (Wildman–Crippen MR) is 245 cm³/mol. The van der Waals surface area contributed by atoms with Crippen LogP contribution in [0.2, 0.25) is 0 Å². The standard InChI is InChI=1S/C56H37N5/c1-7-21-38(22-8-1)50-37-51(58-52(57-50)39-23-9-2-10-24-39)46-36-49-45(44-33-19-20-34-48(44)56(49,42-29-15-5-16-30-42)43-31-17-6-18-32-43)35-47(46)55-60-53(40-25-11-3-12-26-40)59-54(61-55)41-27-13-4-14-28-41/h1-37H. The maximum Gasteiger partial charge on any atom is 0.164 e. The molecule has 2 aromatic heterocycles. The minimum Gasteiger partial charge on any atom is -0.228 e. The molecule has 0 unspecified atom stereocenters. The van der Waals surface area contributed by atoms with Gasteiger partial charge in [-0.25, -0.2) is 24.9 Å². The first kappa shape index (κ1) is 36.0. The van der Waals surface area contributed by atoms with Crippen molar-refractivity contribution in [1.82, 2.24) is 24.9 Å². The van der Waals surface area contributed by atoms with Crippen molar-refractivity contribution >= 4 is 0 Å². The molecule has 8 aromatic carbocycles. The number of fused-ring (bicyclic) bond motifs is 3. The quantitative estimate of drug-likeness (QED) is 0.154. The van der Waals surface area contributed by atoms with E-state index in [1.165, 1.54) is 16.7 Å². The van der Waals surface area contributed by atoms with Crippen LogP contribution in [-0.4, -0.2) is 24.9 Å². The minimum absolute atomic E-state index is 0.557. The van der Waals surface area contributed by atoms with Crippen LogP contribution in [0.15, 0.2) is 224 Å². The number of hydrogen-bond donors (Lipinski definition) is 0. The first-order valence-electron chi connectivity index (χ1n) is 20.5. The Morgan fingerprint density at radius 3 is 1.18 bits per heavy atom. The zero-order chi connectivity index (χ0) is 40.6. The smallest absolute Gasteiger partial charge is 0.164 e. The van der Waals surface area contributed by atoms with Gasteiger partial charge in [-0.1, -0.05) is 206 Å². The molecule has 0 saturated carbocycles.